The number of nitrogens with zero attached hydrogens (tertiary/aromatic N) is 1. The van der Waals surface area contributed by atoms with Gasteiger partial charge in [-0.05, 0) is 18.8 Å². The molecule has 1 heterocycles. The summed E-state index contributed by atoms with van der Waals surface area (Å²) in [5, 5.41) is 0. The highest BCUT2D eigenvalue weighted by Gasteiger charge is 2.25. The number of thioether (sulfide) groups is 1. The first-order chi connectivity index (χ1) is 5.47. The Morgan fingerprint density at radius 1 is 1.27 bits per heavy atom. The van der Waals surface area contributed by atoms with Gasteiger partial charge in [-0.25, -0.2) is 0 Å². The third kappa shape index (κ3) is 1.78. The monoisotopic (exact) mass is 168 g/mol. The maximum atomic E-state index is 4.41. The molecule has 0 atom stereocenters. The molecule has 2 heteroatoms. The molecular weight excluding hydrogens is 154 g/mol. The van der Waals surface area contributed by atoms with Crippen molar-refractivity contribution in [2.75, 3.05) is 5.75 Å². The van der Waals surface area contributed by atoms with E-state index in [4.69, 9.17) is 0 Å². The molecule has 0 unspecified atom stereocenters. The summed E-state index contributed by atoms with van der Waals surface area (Å²) < 4.78 is 0. The molecule has 0 N–H and O–H groups in total. The van der Waals surface area contributed by atoms with Crippen LogP contribution in [0.25, 0.3) is 0 Å². The molecular formula is C9H14NS. The Bertz CT molecular complexity index is 150. The smallest absolute Gasteiger partial charge is 0.0997 e. The van der Waals surface area contributed by atoms with E-state index in [0.29, 0.717) is 0 Å². The molecule has 0 saturated heterocycles. The number of hydrogen-bond acceptors (Lipinski definition) is 2. The van der Waals surface area contributed by atoms with E-state index >= 15 is 0 Å². The first-order valence-corrected chi connectivity index (χ1v) is 5.51. The van der Waals surface area contributed by atoms with Crippen LogP contribution in [0.2, 0.25) is 0 Å². The fourth-order valence-electron chi connectivity index (χ4n) is 1.92. The van der Waals surface area contributed by atoms with Crippen molar-refractivity contribution < 1.29 is 0 Å². The lowest BCUT2D eigenvalue weighted by Crippen LogP contribution is -2.14. The quantitative estimate of drug-likeness (QED) is 0.586. The summed E-state index contributed by atoms with van der Waals surface area (Å²) in [7, 11) is 0. The maximum absolute atomic E-state index is 4.41. The van der Waals surface area contributed by atoms with Crippen molar-refractivity contribution in [2.24, 2.45) is 10.9 Å². The molecule has 1 fully saturated rings. The molecule has 2 rings (SSSR count). The van der Waals surface area contributed by atoms with Crippen LogP contribution in [0.3, 0.4) is 0 Å². The highest BCUT2D eigenvalue weighted by Crippen LogP contribution is 2.35. The summed E-state index contributed by atoms with van der Waals surface area (Å²) in [4.78, 5) is 4.41. The van der Waals surface area contributed by atoms with Crippen LogP contribution in [0.1, 0.15) is 32.1 Å². The van der Waals surface area contributed by atoms with Gasteiger partial charge in [-0.15, -0.1) is 11.8 Å². The van der Waals surface area contributed by atoms with Crippen molar-refractivity contribution in [3.63, 3.8) is 0 Å². The lowest BCUT2D eigenvalue weighted by atomic mass is 9.85. The highest BCUT2D eigenvalue weighted by molar-refractivity contribution is 8.12. The van der Waals surface area contributed by atoms with Gasteiger partial charge in [-0.3, -0.25) is 4.99 Å². The van der Waals surface area contributed by atoms with Gasteiger partial charge in [0.05, 0.1) is 11.6 Å². The Morgan fingerprint density at radius 2 is 2.09 bits per heavy atom. The van der Waals surface area contributed by atoms with Crippen LogP contribution in [0.4, 0.5) is 0 Å². The minimum atomic E-state index is 0.843. The minimum Gasteiger partial charge on any atom is -0.276 e. The second-order valence-electron chi connectivity index (χ2n) is 3.37. The summed E-state index contributed by atoms with van der Waals surface area (Å²) in [6.45, 7) is 0. The van der Waals surface area contributed by atoms with Crippen LogP contribution >= 0.6 is 11.8 Å². The van der Waals surface area contributed by atoms with Crippen molar-refractivity contribution >= 4 is 17.3 Å². The summed E-state index contributed by atoms with van der Waals surface area (Å²) in [6.07, 6.45) is 7.09. The molecule has 0 spiro atoms. The van der Waals surface area contributed by atoms with E-state index in [1.807, 2.05) is 17.3 Å². The van der Waals surface area contributed by atoms with Gasteiger partial charge in [0.1, 0.15) is 0 Å². The molecule has 1 nitrogen and oxygen atoms in total. The zero-order valence-electron chi connectivity index (χ0n) is 6.75. The van der Waals surface area contributed by atoms with Crippen LogP contribution in [-0.4, -0.2) is 11.3 Å². The summed E-state index contributed by atoms with van der Waals surface area (Å²) >= 11 is 1.85. The predicted molar refractivity (Wildman–Crippen MR) is 50.8 cm³/mol. The van der Waals surface area contributed by atoms with Gasteiger partial charge < -0.3 is 0 Å². The Hall–Kier alpha value is 0.0200. The standard InChI is InChI=1S/C9H14NS/c1-2-4-8(5-3-1)9-6-11-7-10-9/h7-8H,1-6H2. The van der Waals surface area contributed by atoms with Crippen LogP contribution in [-0.2, 0) is 0 Å². The van der Waals surface area contributed by atoms with Crippen LogP contribution < -0.4 is 0 Å². The van der Waals surface area contributed by atoms with Crippen molar-refractivity contribution in [3.05, 3.63) is 6.04 Å². The molecule has 0 bridgehead atoms. The van der Waals surface area contributed by atoms with E-state index in [9.17, 15) is 0 Å². The second-order valence-corrected chi connectivity index (χ2v) is 4.20. The van der Waals surface area contributed by atoms with Gasteiger partial charge in [0.25, 0.3) is 0 Å². The molecule has 1 aliphatic heterocycles. The van der Waals surface area contributed by atoms with Crippen LogP contribution in [0, 0.1) is 12.0 Å². The molecule has 1 radical (unpaired) electrons. The molecule has 1 aliphatic carbocycles. The van der Waals surface area contributed by atoms with Crippen LogP contribution in [0.5, 0.6) is 0 Å². The van der Waals surface area contributed by atoms with Crippen molar-refractivity contribution in [1.82, 2.24) is 0 Å². The first-order valence-electron chi connectivity index (χ1n) is 4.46. The molecule has 11 heavy (non-hydrogen) atoms. The molecule has 0 aromatic carbocycles. The lowest BCUT2D eigenvalue weighted by molar-refractivity contribution is 0.371. The van der Waals surface area contributed by atoms with Crippen molar-refractivity contribution in [2.45, 2.75) is 32.1 Å². The normalized spacial score (nSPS) is 28.0. The molecule has 2 aliphatic rings. The molecule has 0 amide bonds. The zero-order valence-corrected chi connectivity index (χ0v) is 7.57. The third-order valence-electron chi connectivity index (χ3n) is 2.60. The van der Waals surface area contributed by atoms with E-state index < -0.39 is 0 Å². The SMILES string of the molecule is C1=N[C](C2CCCCC2)CS1. The number of aliphatic imine (C=N–C) groups is 1. The van der Waals surface area contributed by atoms with Crippen molar-refractivity contribution in [1.29, 1.82) is 0 Å². The van der Waals surface area contributed by atoms with E-state index in [1.54, 1.807) is 0 Å². The molecule has 0 aromatic rings. The van der Waals surface area contributed by atoms with E-state index in [1.165, 1.54) is 43.9 Å². The van der Waals surface area contributed by atoms with Gasteiger partial charge in [-0.2, -0.15) is 0 Å². The fourth-order valence-corrected chi connectivity index (χ4v) is 2.69. The van der Waals surface area contributed by atoms with Gasteiger partial charge in [0.15, 0.2) is 0 Å². The van der Waals surface area contributed by atoms with Gasteiger partial charge >= 0.3 is 0 Å². The summed E-state index contributed by atoms with van der Waals surface area (Å²) in [5.41, 5.74) is 2.00. The van der Waals surface area contributed by atoms with E-state index in [-0.39, 0.29) is 0 Å². The van der Waals surface area contributed by atoms with Gasteiger partial charge in [-0.1, -0.05) is 19.3 Å². The largest absolute Gasteiger partial charge is 0.276 e. The molecule has 1 saturated carbocycles. The lowest BCUT2D eigenvalue weighted by Gasteiger charge is -2.23. The van der Waals surface area contributed by atoms with Crippen molar-refractivity contribution in [3.8, 4) is 0 Å². The Kier molecular flexibility index (Phi) is 2.52. The Labute approximate surface area is 72.7 Å². The van der Waals surface area contributed by atoms with E-state index in [0.717, 1.165) is 5.92 Å². The fraction of sp³-hybridized carbons (Fsp3) is 0.778. The molecule has 0 aromatic heterocycles. The maximum Gasteiger partial charge on any atom is 0.0997 e. The summed E-state index contributed by atoms with van der Waals surface area (Å²) in [6, 6.07) is 1.47. The third-order valence-corrected chi connectivity index (χ3v) is 3.32. The topological polar surface area (TPSA) is 12.4 Å². The van der Waals surface area contributed by atoms with Gasteiger partial charge in [0.2, 0.25) is 0 Å². The molecule has 61 valence electrons. The van der Waals surface area contributed by atoms with Crippen LogP contribution in [0.15, 0.2) is 4.99 Å². The Morgan fingerprint density at radius 3 is 2.73 bits per heavy atom. The van der Waals surface area contributed by atoms with E-state index in [2.05, 4.69) is 4.99 Å². The highest BCUT2D eigenvalue weighted by atomic mass is 32.2. The van der Waals surface area contributed by atoms with Gasteiger partial charge in [0, 0.05) is 5.75 Å². The number of rotatable bonds is 1. The Balaban J connectivity index is 1.87. The summed E-state index contributed by atoms with van der Waals surface area (Å²) in [5.74, 6) is 2.01. The first kappa shape index (κ1) is 7.66. The average molecular weight is 168 g/mol. The predicted octanol–water partition coefficient (Wildman–Crippen LogP) is 2.87. The minimum absolute atomic E-state index is 0.843. The average Bonchev–Trinajstić information content (AvgIpc) is 2.58. The second kappa shape index (κ2) is 3.61. The number of hydrogen-bond donors (Lipinski definition) is 0. The zero-order chi connectivity index (χ0) is 7.52.